The number of rotatable bonds is 29. The van der Waals surface area contributed by atoms with Gasteiger partial charge in [0.15, 0.2) is 5.78 Å². The number of amides is 6. The summed E-state index contributed by atoms with van der Waals surface area (Å²) >= 11 is 2.10. The molecule has 0 spiro atoms. The van der Waals surface area contributed by atoms with Crippen LogP contribution in [0.5, 0.6) is 0 Å². The first-order chi connectivity index (χ1) is 31.7. The second kappa shape index (κ2) is 25.9. The van der Waals surface area contributed by atoms with E-state index in [1.165, 1.54) is 47.3 Å². The third-order valence-corrected chi connectivity index (χ3v) is 15.3. The van der Waals surface area contributed by atoms with Gasteiger partial charge in [0, 0.05) is 58.8 Å². The summed E-state index contributed by atoms with van der Waals surface area (Å²) in [6, 6.07) is 3.19. The average Bonchev–Trinajstić information content (AvgIpc) is 3.84. The number of carbonyl (C=O) groups excluding carboxylic acids is 7. The van der Waals surface area contributed by atoms with Crippen molar-refractivity contribution in [2.24, 2.45) is 29.6 Å². The highest BCUT2D eigenvalue weighted by Gasteiger charge is 2.57. The maximum atomic E-state index is 14.4. The van der Waals surface area contributed by atoms with Crippen LogP contribution in [0.1, 0.15) is 104 Å². The highest BCUT2D eigenvalue weighted by Crippen LogP contribution is 2.50. The Morgan fingerprint density at radius 2 is 1.61 bits per heavy atom. The number of nitrogens with zero attached hydrogens (tertiary/aromatic N) is 3. The van der Waals surface area contributed by atoms with Crippen LogP contribution in [0.4, 0.5) is 4.39 Å². The molecule has 67 heavy (non-hydrogen) atoms. The molecule has 11 atom stereocenters. The molecule has 3 aliphatic rings. The number of likely N-dealkylation sites (N-methyl/N-ethyl adjacent to an activating group) is 1. The van der Waals surface area contributed by atoms with Crippen molar-refractivity contribution >= 4 is 69.8 Å². The van der Waals surface area contributed by atoms with Gasteiger partial charge in [-0.2, -0.15) is 0 Å². The number of halogens is 2. The van der Waals surface area contributed by atoms with Gasteiger partial charge in [-0.05, 0) is 73.8 Å². The van der Waals surface area contributed by atoms with E-state index in [9.17, 15) is 47.9 Å². The molecule has 1 aromatic carbocycles. The Morgan fingerprint density at radius 1 is 0.940 bits per heavy atom. The Morgan fingerprint density at radius 3 is 2.21 bits per heavy atom. The van der Waals surface area contributed by atoms with E-state index in [0.29, 0.717) is 38.5 Å². The lowest BCUT2D eigenvalue weighted by Gasteiger charge is -2.37. The number of unbranched alkanes of at least 4 members (excludes halogenated alkanes) is 2. The fourth-order valence-electron chi connectivity index (χ4n) is 9.74. The van der Waals surface area contributed by atoms with Crippen LogP contribution in [-0.2, 0) is 54.3 Å². The van der Waals surface area contributed by atoms with Crippen LogP contribution >= 0.6 is 22.6 Å². The number of carboxylic acids is 1. The molecule has 4 rings (SSSR count). The number of hydrogen-bond acceptors (Lipinski definition) is 10. The number of alkyl halides is 1. The zero-order valence-corrected chi connectivity index (χ0v) is 42.4. The van der Waals surface area contributed by atoms with Crippen molar-refractivity contribution in [1.82, 2.24) is 25.3 Å². The number of ketones is 1. The van der Waals surface area contributed by atoms with E-state index in [4.69, 9.17) is 9.47 Å². The predicted octanol–water partition coefficient (Wildman–Crippen LogP) is 4.88. The van der Waals surface area contributed by atoms with Crippen LogP contribution in [-0.4, -0.2) is 142 Å². The molecule has 3 N–H and O–H groups in total. The van der Waals surface area contributed by atoms with Gasteiger partial charge in [0.05, 0.1) is 41.1 Å². The predicted molar refractivity (Wildman–Crippen MR) is 256 cm³/mol. The minimum absolute atomic E-state index is 0.00627. The molecule has 1 aliphatic carbocycles. The standard InChI is InChI=1S/C49H71FIN5O11/c1-9-29(4)33(18-19-35(51)39(57)27-52-48(63)45(28(2)3)54(6)41(58)17-11-10-14-22-55-42(59)20-21-43(55)60)40(66-7)26-44(61)56-37-24-32(37)25-38(56)46(67-8)30(5)47(62)53-36(49(64)65)23-31-15-12-13-16-34(31)50/h12-13,15-16,20-21,28-30,32-33,35-38,40,45-46H,9-11,14,17-19,22-27H2,1-8H3,(H,52,63)(H,53,62)(H,64,65)/t29?,30?,32-,33?,35?,36?,37-,38-,40?,45?,46?/m0/s1. The smallest absolute Gasteiger partial charge is 0.326 e. The average molecular weight is 1050 g/mol. The molecule has 8 unspecified atom stereocenters. The zero-order valence-electron chi connectivity index (χ0n) is 40.2. The summed E-state index contributed by atoms with van der Waals surface area (Å²) in [5.41, 5.74) is 0.163. The number of aliphatic carboxylic acids is 1. The van der Waals surface area contributed by atoms with Crippen molar-refractivity contribution in [3.8, 4) is 0 Å². The van der Waals surface area contributed by atoms with Gasteiger partial charge in [0.25, 0.3) is 11.8 Å². The second-order valence-corrected chi connectivity index (χ2v) is 20.3. The van der Waals surface area contributed by atoms with E-state index in [0.717, 1.165) is 12.8 Å². The molecule has 0 radical (unpaired) electrons. The summed E-state index contributed by atoms with van der Waals surface area (Å²) < 4.78 is 25.9. The summed E-state index contributed by atoms with van der Waals surface area (Å²) in [4.78, 5) is 108. The van der Waals surface area contributed by atoms with E-state index >= 15 is 0 Å². The summed E-state index contributed by atoms with van der Waals surface area (Å²) in [7, 11) is 4.63. The first kappa shape index (κ1) is 55.3. The van der Waals surface area contributed by atoms with E-state index in [1.807, 2.05) is 18.7 Å². The number of imide groups is 1. The number of benzene rings is 1. The number of likely N-dealkylation sites (tertiary alicyclic amines) is 1. The molecular formula is C49H71FIN5O11. The number of Topliss-reactive ketones (excluding diaryl/α,β-unsaturated/α-hetero) is 1. The van der Waals surface area contributed by atoms with Gasteiger partial charge in [-0.15, -0.1) is 0 Å². The molecule has 2 fully saturated rings. The molecule has 16 nitrogen and oxygen atoms in total. The van der Waals surface area contributed by atoms with E-state index in [-0.39, 0.29) is 97.0 Å². The number of nitrogens with one attached hydrogen (secondary N) is 2. The van der Waals surface area contributed by atoms with E-state index in [1.54, 1.807) is 27.1 Å². The summed E-state index contributed by atoms with van der Waals surface area (Å²) in [5.74, 6) is -4.84. The SMILES string of the molecule is CCC(C)C(CCC(I)C(=O)CNC(=O)C(C(C)C)N(C)C(=O)CCCCCN1C(=O)C=CC1=O)C(CC(=O)N1[C@H](C(OC)C(C)C(=O)NC(Cc2ccccc2F)C(=O)O)C[C@@H]2C[C@@H]21)OC. The summed E-state index contributed by atoms with van der Waals surface area (Å²) in [6.07, 6.45) is 6.31. The van der Waals surface area contributed by atoms with Crippen molar-refractivity contribution in [1.29, 1.82) is 0 Å². The minimum atomic E-state index is -1.38. The van der Waals surface area contributed by atoms with Crippen LogP contribution in [0, 0.1) is 35.4 Å². The summed E-state index contributed by atoms with van der Waals surface area (Å²) in [6.45, 7) is 9.54. The van der Waals surface area contributed by atoms with Gasteiger partial charge in [-0.3, -0.25) is 38.5 Å². The lowest BCUT2D eigenvalue weighted by Crippen LogP contribution is -2.53. The van der Waals surface area contributed by atoms with Gasteiger partial charge in [-0.1, -0.05) is 88.3 Å². The van der Waals surface area contributed by atoms with Gasteiger partial charge in [-0.25, -0.2) is 9.18 Å². The number of piperidine rings is 1. The molecule has 18 heteroatoms. The monoisotopic (exact) mass is 1050 g/mol. The Balaban J connectivity index is 1.30. The Labute approximate surface area is 408 Å². The largest absolute Gasteiger partial charge is 0.480 e. The Kier molecular flexibility index (Phi) is 21.4. The Hall–Kier alpha value is -4.30. The number of carboxylic acid groups (broad SMARTS) is 1. The van der Waals surface area contributed by atoms with Crippen molar-refractivity contribution < 1.29 is 57.3 Å². The molecule has 0 bridgehead atoms. The summed E-state index contributed by atoms with van der Waals surface area (Å²) in [5, 5.41) is 15.2. The highest BCUT2D eigenvalue weighted by molar-refractivity contribution is 14.1. The van der Waals surface area contributed by atoms with Crippen LogP contribution in [0.3, 0.4) is 0 Å². The third-order valence-electron chi connectivity index (χ3n) is 13.9. The Bertz CT molecular complexity index is 1950. The van der Waals surface area contributed by atoms with Crippen molar-refractivity contribution in [3.05, 3.63) is 47.8 Å². The fraction of sp³-hybridized carbons (Fsp3) is 0.673. The number of fused-ring (bicyclic) bond motifs is 1. The van der Waals surface area contributed by atoms with Gasteiger partial charge in [0.1, 0.15) is 17.9 Å². The topological polar surface area (TPSA) is 209 Å². The number of methoxy groups -OCH3 is 2. The van der Waals surface area contributed by atoms with Crippen LogP contribution in [0.25, 0.3) is 0 Å². The first-order valence-electron chi connectivity index (χ1n) is 23.6. The normalized spacial score (nSPS) is 21.2. The maximum absolute atomic E-state index is 14.4. The van der Waals surface area contributed by atoms with Crippen LogP contribution in [0.2, 0.25) is 0 Å². The molecule has 1 saturated heterocycles. The van der Waals surface area contributed by atoms with E-state index < -0.39 is 63.8 Å². The number of carbonyl (C=O) groups is 8. The second-order valence-electron chi connectivity index (χ2n) is 18.8. The molecule has 6 amide bonds. The fourth-order valence-corrected chi connectivity index (χ4v) is 10.3. The molecule has 2 heterocycles. The van der Waals surface area contributed by atoms with Crippen molar-refractivity contribution in [3.63, 3.8) is 0 Å². The molecular weight excluding hydrogens is 980 g/mol. The quantitative estimate of drug-likeness (QED) is 0.0426. The minimum Gasteiger partial charge on any atom is -0.480 e. The van der Waals surface area contributed by atoms with Crippen LogP contribution in [0.15, 0.2) is 36.4 Å². The third kappa shape index (κ3) is 14.8. The lowest BCUT2D eigenvalue weighted by atomic mass is 9.81. The molecule has 1 aromatic rings. The molecule has 2 aliphatic heterocycles. The highest BCUT2D eigenvalue weighted by atomic mass is 127. The zero-order chi connectivity index (χ0) is 49.7. The molecule has 0 aromatic heterocycles. The maximum Gasteiger partial charge on any atom is 0.326 e. The first-order valence-corrected chi connectivity index (χ1v) is 24.9. The number of ether oxygens (including phenoxy) is 2. The van der Waals surface area contributed by atoms with Gasteiger partial charge >= 0.3 is 5.97 Å². The van der Waals surface area contributed by atoms with Crippen LogP contribution < -0.4 is 10.6 Å². The number of hydrogen-bond donors (Lipinski definition) is 3. The van der Waals surface area contributed by atoms with E-state index in [2.05, 4.69) is 47.1 Å². The van der Waals surface area contributed by atoms with Crippen molar-refractivity contribution in [2.75, 3.05) is 34.4 Å². The van der Waals surface area contributed by atoms with Gasteiger partial charge < -0.3 is 35.0 Å². The molecule has 1 saturated carbocycles. The van der Waals surface area contributed by atoms with Gasteiger partial charge in [0.2, 0.25) is 23.6 Å². The lowest BCUT2D eigenvalue weighted by molar-refractivity contribution is -0.146. The van der Waals surface area contributed by atoms with Crippen molar-refractivity contribution in [2.45, 2.75) is 146 Å². The molecule has 372 valence electrons.